The van der Waals surface area contributed by atoms with Crippen LogP contribution in [0.3, 0.4) is 0 Å². The molecule has 1 fully saturated rings. The lowest BCUT2D eigenvalue weighted by Gasteiger charge is -2.37. The van der Waals surface area contributed by atoms with Crippen molar-refractivity contribution in [3.8, 4) is 5.75 Å². The topological polar surface area (TPSA) is 26.3 Å². The highest BCUT2D eigenvalue weighted by molar-refractivity contribution is 5.82. The van der Waals surface area contributed by atoms with Crippen LogP contribution in [0.2, 0.25) is 0 Å². The Kier molecular flexibility index (Phi) is 4.70. The summed E-state index contributed by atoms with van der Waals surface area (Å²) in [6.07, 6.45) is 2.92. The van der Waals surface area contributed by atoms with E-state index in [9.17, 15) is 9.18 Å². The maximum atomic E-state index is 14.2. The van der Waals surface area contributed by atoms with Gasteiger partial charge in [0, 0.05) is 12.3 Å². The Morgan fingerprint density at radius 2 is 2.05 bits per heavy atom. The fraction of sp³-hybridized carbons (Fsp3) is 0.611. The van der Waals surface area contributed by atoms with Crippen LogP contribution in [0.1, 0.15) is 45.6 Å². The van der Waals surface area contributed by atoms with E-state index >= 15 is 0 Å². The number of benzene rings is 1. The molecule has 3 heteroatoms. The molecule has 2 rings (SSSR count). The predicted octanol–water partition coefficient (Wildman–Crippen LogP) is 4.41. The average Bonchev–Trinajstić information content (AvgIpc) is 2.42. The van der Waals surface area contributed by atoms with Gasteiger partial charge in [0.15, 0.2) is 11.6 Å². The molecule has 116 valence electrons. The molecular weight excluding hydrogens is 267 g/mol. The van der Waals surface area contributed by atoms with Crippen molar-refractivity contribution in [1.82, 2.24) is 0 Å². The number of halogens is 1. The lowest BCUT2D eigenvalue weighted by molar-refractivity contribution is -0.126. The largest absolute Gasteiger partial charge is 0.494 e. The molecule has 1 saturated carbocycles. The molecule has 0 aromatic heterocycles. The molecule has 0 heterocycles. The monoisotopic (exact) mass is 292 g/mol. The second kappa shape index (κ2) is 6.17. The van der Waals surface area contributed by atoms with E-state index in [1.807, 2.05) is 0 Å². The zero-order valence-corrected chi connectivity index (χ0v) is 13.4. The first-order valence-electron chi connectivity index (χ1n) is 7.67. The van der Waals surface area contributed by atoms with Crippen molar-refractivity contribution in [2.45, 2.75) is 46.5 Å². The van der Waals surface area contributed by atoms with Crippen molar-refractivity contribution in [2.75, 3.05) is 7.11 Å². The van der Waals surface area contributed by atoms with Crippen molar-refractivity contribution in [3.63, 3.8) is 0 Å². The van der Waals surface area contributed by atoms with Gasteiger partial charge in [0.05, 0.1) is 7.11 Å². The standard InChI is InChI=1S/C18H25FO2/c1-18(2,3)14-8-9-15(20)13(11-14)10-12-6-5-7-16(21-4)17(12)19/h5-7,13-14H,8-11H2,1-4H3. The fourth-order valence-corrected chi connectivity index (χ4v) is 3.23. The Labute approximate surface area is 126 Å². The van der Waals surface area contributed by atoms with Gasteiger partial charge in [-0.25, -0.2) is 4.39 Å². The second-order valence-corrected chi connectivity index (χ2v) is 7.14. The third-order valence-electron chi connectivity index (χ3n) is 4.72. The second-order valence-electron chi connectivity index (χ2n) is 7.14. The Morgan fingerprint density at radius 3 is 2.67 bits per heavy atom. The van der Waals surface area contributed by atoms with Gasteiger partial charge in [-0.3, -0.25) is 4.79 Å². The minimum absolute atomic E-state index is 0.0652. The minimum Gasteiger partial charge on any atom is -0.494 e. The van der Waals surface area contributed by atoms with Crippen LogP contribution in [0.5, 0.6) is 5.75 Å². The van der Waals surface area contributed by atoms with Gasteiger partial charge in [-0.2, -0.15) is 0 Å². The molecular formula is C18H25FO2. The number of hydrogen-bond acceptors (Lipinski definition) is 2. The van der Waals surface area contributed by atoms with Crippen molar-refractivity contribution in [2.24, 2.45) is 17.3 Å². The molecule has 1 aliphatic rings. The summed E-state index contributed by atoms with van der Waals surface area (Å²) in [5.74, 6) is 0.657. The molecule has 2 unspecified atom stereocenters. The molecule has 0 amide bonds. The quantitative estimate of drug-likeness (QED) is 0.825. The molecule has 21 heavy (non-hydrogen) atoms. The van der Waals surface area contributed by atoms with Crippen LogP contribution in [-0.4, -0.2) is 12.9 Å². The number of hydrogen-bond donors (Lipinski definition) is 0. The number of rotatable bonds is 3. The van der Waals surface area contributed by atoms with E-state index < -0.39 is 0 Å². The van der Waals surface area contributed by atoms with Crippen LogP contribution >= 0.6 is 0 Å². The molecule has 0 N–H and O–H groups in total. The Morgan fingerprint density at radius 1 is 1.33 bits per heavy atom. The van der Waals surface area contributed by atoms with Gasteiger partial charge in [-0.05, 0) is 42.2 Å². The Balaban J connectivity index is 2.16. The molecule has 0 aliphatic heterocycles. The summed E-state index contributed by atoms with van der Waals surface area (Å²) in [7, 11) is 1.46. The smallest absolute Gasteiger partial charge is 0.168 e. The Bertz CT molecular complexity index is 516. The number of ether oxygens (including phenoxy) is 1. The van der Waals surface area contributed by atoms with Crippen LogP contribution in [0, 0.1) is 23.1 Å². The van der Waals surface area contributed by atoms with Crippen LogP contribution in [0.4, 0.5) is 4.39 Å². The number of carbonyl (C=O) groups is 1. The molecule has 2 atom stereocenters. The zero-order valence-electron chi connectivity index (χ0n) is 13.4. The molecule has 0 bridgehead atoms. The third-order valence-corrected chi connectivity index (χ3v) is 4.72. The zero-order chi connectivity index (χ0) is 15.6. The first-order valence-corrected chi connectivity index (χ1v) is 7.67. The minimum atomic E-state index is -0.328. The lowest BCUT2D eigenvalue weighted by atomic mass is 9.67. The van der Waals surface area contributed by atoms with E-state index in [-0.39, 0.29) is 28.7 Å². The molecule has 2 nitrogen and oxygen atoms in total. The summed E-state index contributed by atoms with van der Waals surface area (Å²) in [5, 5.41) is 0. The van der Waals surface area contributed by atoms with Gasteiger partial charge >= 0.3 is 0 Å². The maximum Gasteiger partial charge on any atom is 0.168 e. The van der Waals surface area contributed by atoms with E-state index in [1.54, 1.807) is 18.2 Å². The van der Waals surface area contributed by atoms with Crippen LogP contribution in [-0.2, 0) is 11.2 Å². The fourth-order valence-electron chi connectivity index (χ4n) is 3.23. The Hall–Kier alpha value is -1.38. The lowest BCUT2D eigenvalue weighted by Crippen LogP contribution is -2.33. The van der Waals surface area contributed by atoms with Gasteiger partial charge in [0.25, 0.3) is 0 Å². The highest BCUT2D eigenvalue weighted by Crippen LogP contribution is 2.40. The van der Waals surface area contributed by atoms with Crippen molar-refractivity contribution >= 4 is 5.78 Å². The normalized spacial score (nSPS) is 23.2. The number of ketones is 1. The SMILES string of the molecule is COc1cccc(CC2CC(C(C)(C)C)CCC2=O)c1F. The van der Waals surface area contributed by atoms with Crippen molar-refractivity contribution < 1.29 is 13.9 Å². The third kappa shape index (κ3) is 3.63. The van der Waals surface area contributed by atoms with Crippen LogP contribution in [0.25, 0.3) is 0 Å². The van der Waals surface area contributed by atoms with E-state index in [4.69, 9.17) is 4.74 Å². The summed E-state index contributed by atoms with van der Waals surface area (Å²) in [6.45, 7) is 6.66. The highest BCUT2D eigenvalue weighted by atomic mass is 19.1. The summed E-state index contributed by atoms with van der Waals surface area (Å²) in [6, 6.07) is 5.15. The molecule has 0 radical (unpaired) electrons. The van der Waals surface area contributed by atoms with E-state index in [0.717, 1.165) is 12.8 Å². The van der Waals surface area contributed by atoms with Gasteiger partial charge in [-0.1, -0.05) is 32.9 Å². The summed E-state index contributed by atoms with van der Waals surface area (Å²) >= 11 is 0. The molecule has 1 aliphatic carbocycles. The van der Waals surface area contributed by atoms with Gasteiger partial charge < -0.3 is 4.74 Å². The van der Waals surface area contributed by atoms with E-state index in [1.165, 1.54) is 7.11 Å². The summed E-state index contributed by atoms with van der Waals surface area (Å²) < 4.78 is 19.3. The number of carbonyl (C=O) groups excluding carboxylic acids is 1. The maximum absolute atomic E-state index is 14.2. The average molecular weight is 292 g/mol. The number of Topliss-reactive ketones (excluding diaryl/α,β-unsaturated/α-hetero) is 1. The summed E-state index contributed by atoms with van der Waals surface area (Å²) in [5.41, 5.74) is 0.786. The molecule has 1 aromatic rings. The van der Waals surface area contributed by atoms with Crippen molar-refractivity contribution in [3.05, 3.63) is 29.6 Å². The predicted molar refractivity (Wildman–Crippen MR) is 81.9 cm³/mol. The van der Waals surface area contributed by atoms with Crippen LogP contribution in [0.15, 0.2) is 18.2 Å². The van der Waals surface area contributed by atoms with Gasteiger partial charge in [-0.15, -0.1) is 0 Å². The van der Waals surface area contributed by atoms with E-state index in [2.05, 4.69) is 20.8 Å². The van der Waals surface area contributed by atoms with E-state index in [0.29, 0.717) is 24.3 Å². The van der Waals surface area contributed by atoms with Gasteiger partial charge in [0.2, 0.25) is 0 Å². The van der Waals surface area contributed by atoms with Crippen molar-refractivity contribution in [1.29, 1.82) is 0 Å². The molecule has 0 spiro atoms. The molecule has 1 aromatic carbocycles. The highest BCUT2D eigenvalue weighted by Gasteiger charge is 2.35. The first kappa shape index (κ1) is 16.0. The number of methoxy groups -OCH3 is 1. The van der Waals surface area contributed by atoms with Gasteiger partial charge in [0.1, 0.15) is 5.78 Å². The summed E-state index contributed by atoms with van der Waals surface area (Å²) in [4.78, 5) is 12.2. The van der Waals surface area contributed by atoms with Crippen LogP contribution < -0.4 is 4.74 Å². The first-order chi connectivity index (χ1) is 9.82. The molecule has 0 saturated heterocycles.